The van der Waals surface area contributed by atoms with Crippen LogP contribution in [0.5, 0.6) is 0 Å². The molecule has 5 rings (SSSR count). The van der Waals surface area contributed by atoms with Gasteiger partial charge in [0.1, 0.15) is 0 Å². The second-order valence-electron chi connectivity index (χ2n) is 7.34. The summed E-state index contributed by atoms with van der Waals surface area (Å²) in [5.74, 6) is 0.614. The highest BCUT2D eigenvalue weighted by molar-refractivity contribution is 6.11. The van der Waals surface area contributed by atoms with Gasteiger partial charge in [-0.15, -0.1) is 0 Å². The summed E-state index contributed by atoms with van der Waals surface area (Å²) in [5.41, 5.74) is 2.28. The van der Waals surface area contributed by atoms with Gasteiger partial charge in [0.25, 0.3) is 5.56 Å². The van der Waals surface area contributed by atoms with Crippen molar-refractivity contribution in [1.82, 2.24) is 9.47 Å². The monoisotopic (exact) mass is 361 g/mol. The second kappa shape index (κ2) is 6.23. The second-order valence-corrected chi connectivity index (χ2v) is 7.34. The van der Waals surface area contributed by atoms with Crippen molar-refractivity contribution in [3.63, 3.8) is 0 Å². The molecule has 6 nitrogen and oxygen atoms in total. The van der Waals surface area contributed by atoms with Crippen LogP contribution in [0.15, 0.2) is 70.2 Å². The lowest BCUT2D eigenvalue weighted by molar-refractivity contribution is -0.130. The molecule has 3 aliphatic heterocycles. The molecule has 0 amide bonds. The van der Waals surface area contributed by atoms with Gasteiger partial charge in [-0.25, -0.2) is 9.79 Å². The van der Waals surface area contributed by atoms with Crippen LogP contribution in [0, 0.1) is 5.92 Å². The van der Waals surface area contributed by atoms with E-state index in [1.54, 1.807) is 6.07 Å². The smallest absolute Gasteiger partial charge is 0.365 e. The van der Waals surface area contributed by atoms with E-state index in [0.29, 0.717) is 23.4 Å². The van der Waals surface area contributed by atoms with Gasteiger partial charge in [0.15, 0.2) is 5.70 Å². The van der Waals surface area contributed by atoms with Gasteiger partial charge in [-0.05, 0) is 30.5 Å². The van der Waals surface area contributed by atoms with Crippen LogP contribution in [0.3, 0.4) is 0 Å². The number of pyridine rings is 1. The van der Waals surface area contributed by atoms with Crippen molar-refractivity contribution >= 4 is 11.9 Å². The average molecular weight is 361 g/mol. The van der Waals surface area contributed by atoms with Crippen molar-refractivity contribution in [1.29, 1.82) is 0 Å². The largest absolute Gasteiger partial charge is 0.402 e. The number of ether oxygens (including phenoxy) is 1. The van der Waals surface area contributed by atoms with Gasteiger partial charge in [-0.3, -0.25) is 4.79 Å². The van der Waals surface area contributed by atoms with E-state index >= 15 is 0 Å². The van der Waals surface area contributed by atoms with Crippen LogP contribution in [0.25, 0.3) is 0 Å². The number of carbonyl (C=O) groups is 1. The summed E-state index contributed by atoms with van der Waals surface area (Å²) < 4.78 is 7.24. The van der Waals surface area contributed by atoms with Gasteiger partial charge in [0, 0.05) is 49.1 Å². The predicted molar refractivity (Wildman–Crippen MR) is 100 cm³/mol. The van der Waals surface area contributed by atoms with Crippen molar-refractivity contribution in [2.45, 2.75) is 18.9 Å². The normalized spacial score (nSPS) is 25.2. The van der Waals surface area contributed by atoms with Crippen molar-refractivity contribution in [2.24, 2.45) is 10.9 Å². The van der Waals surface area contributed by atoms with Crippen molar-refractivity contribution in [3.8, 4) is 0 Å². The van der Waals surface area contributed by atoms with E-state index in [2.05, 4.69) is 9.89 Å². The third-order valence-corrected chi connectivity index (χ3v) is 5.45. The fraction of sp³-hybridized carbons (Fsp3) is 0.286. The number of cyclic esters (lactones) is 1. The minimum Gasteiger partial charge on any atom is -0.402 e. The third-order valence-electron chi connectivity index (χ3n) is 5.45. The number of benzene rings is 1. The maximum absolute atomic E-state index is 12.2. The first-order valence-electron chi connectivity index (χ1n) is 9.19. The Labute approximate surface area is 156 Å². The van der Waals surface area contributed by atoms with Crippen LogP contribution < -0.4 is 5.56 Å². The zero-order valence-electron chi connectivity index (χ0n) is 14.7. The van der Waals surface area contributed by atoms with Crippen LogP contribution in [0.4, 0.5) is 0 Å². The maximum Gasteiger partial charge on any atom is 0.365 e. The molecule has 2 atom stereocenters. The molecule has 0 saturated carbocycles. The number of rotatable bonds is 2. The van der Waals surface area contributed by atoms with E-state index in [0.717, 1.165) is 37.3 Å². The molecule has 1 fully saturated rings. The number of hydrogen-bond acceptors (Lipinski definition) is 5. The molecule has 6 heteroatoms. The molecule has 3 aliphatic rings. The Hall–Kier alpha value is -3.15. The van der Waals surface area contributed by atoms with Gasteiger partial charge in [-0.2, -0.15) is 0 Å². The lowest BCUT2D eigenvalue weighted by atomic mass is 9.83. The van der Waals surface area contributed by atoms with E-state index in [1.165, 1.54) is 0 Å². The molecule has 0 spiro atoms. The summed E-state index contributed by atoms with van der Waals surface area (Å²) in [7, 11) is 0. The van der Waals surface area contributed by atoms with Crippen LogP contribution in [0.1, 0.15) is 23.6 Å². The number of carbonyl (C=O) groups excluding carboxylic acids is 1. The molecular formula is C21H19N3O3. The molecule has 0 unspecified atom stereocenters. The fourth-order valence-corrected chi connectivity index (χ4v) is 4.32. The topological polar surface area (TPSA) is 63.9 Å². The Morgan fingerprint density at radius 3 is 2.70 bits per heavy atom. The lowest BCUT2D eigenvalue weighted by Crippen LogP contribution is -2.45. The summed E-state index contributed by atoms with van der Waals surface area (Å²) in [4.78, 5) is 30.9. The van der Waals surface area contributed by atoms with Crippen molar-refractivity contribution in [2.75, 3.05) is 13.1 Å². The SMILES string of the molecule is O=C1OC(c2ccccc2)=N/C1=C\N1C[C@H]2C[C@@H](C1)c1cccc(=O)n1C2. The Morgan fingerprint density at radius 1 is 1.00 bits per heavy atom. The molecule has 2 aromatic rings. The molecule has 1 aromatic heterocycles. The first kappa shape index (κ1) is 16.1. The highest BCUT2D eigenvalue weighted by atomic mass is 16.6. The Morgan fingerprint density at radius 2 is 1.85 bits per heavy atom. The minimum atomic E-state index is -0.416. The number of aromatic nitrogens is 1. The molecular weight excluding hydrogens is 342 g/mol. The molecule has 0 aliphatic carbocycles. The lowest BCUT2D eigenvalue weighted by Gasteiger charge is -2.42. The Kier molecular flexibility index (Phi) is 3.70. The average Bonchev–Trinajstić information content (AvgIpc) is 3.04. The van der Waals surface area contributed by atoms with E-state index in [4.69, 9.17) is 4.74 Å². The molecule has 27 heavy (non-hydrogen) atoms. The summed E-state index contributed by atoms with van der Waals surface area (Å²) in [6.45, 7) is 2.31. The first-order valence-corrected chi connectivity index (χ1v) is 9.19. The summed E-state index contributed by atoms with van der Waals surface area (Å²) in [5, 5.41) is 0. The first-order chi connectivity index (χ1) is 13.2. The molecule has 0 radical (unpaired) electrons. The highest BCUT2D eigenvalue weighted by Gasteiger charge is 2.34. The quantitative estimate of drug-likeness (QED) is 0.607. The highest BCUT2D eigenvalue weighted by Crippen LogP contribution is 2.35. The number of fused-ring (bicyclic) bond motifs is 4. The van der Waals surface area contributed by atoms with Crippen LogP contribution in [-0.2, 0) is 16.1 Å². The summed E-state index contributed by atoms with van der Waals surface area (Å²) >= 11 is 0. The van der Waals surface area contributed by atoms with Crippen molar-refractivity contribution in [3.05, 3.63) is 82.0 Å². The molecule has 4 heterocycles. The maximum atomic E-state index is 12.2. The number of aliphatic imine (C=N–C) groups is 1. The minimum absolute atomic E-state index is 0.0745. The fourth-order valence-electron chi connectivity index (χ4n) is 4.32. The van der Waals surface area contributed by atoms with Crippen LogP contribution in [0.2, 0.25) is 0 Å². The van der Waals surface area contributed by atoms with E-state index < -0.39 is 5.97 Å². The molecule has 1 aromatic carbocycles. The number of nitrogens with zero attached hydrogens (tertiary/aromatic N) is 3. The zero-order chi connectivity index (χ0) is 18.4. The van der Waals surface area contributed by atoms with Gasteiger partial charge in [0.05, 0.1) is 0 Å². The van der Waals surface area contributed by atoms with E-state index in [1.807, 2.05) is 53.2 Å². The Bertz CT molecular complexity index is 1020. The van der Waals surface area contributed by atoms with Crippen LogP contribution >= 0.6 is 0 Å². The van der Waals surface area contributed by atoms with Gasteiger partial charge in [-0.1, -0.05) is 24.3 Å². The summed E-state index contributed by atoms with van der Waals surface area (Å²) in [6.07, 6.45) is 2.89. The molecule has 2 bridgehead atoms. The van der Waals surface area contributed by atoms with E-state index in [-0.39, 0.29) is 5.56 Å². The number of hydrogen-bond donors (Lipinski definition) is 0. The van der Waals surface area contributed by atoms with Gasteiger partial charge >= 0.3 is 5.97 Å². The number of esters is 1. The molecule has 1 saturated heterocycles. The molecule has 136 valence electrons. The predicted octanol–water partition coefficient (Wildman–Crippen LogP) is 2.11. The number of likely N-dealkylation sites (tertiary alicyclic amines) is 1. The van der Waals surface area contributed by atoms with E-state index in [9.17, 15) is 9.59 Å². The summed E-state index contributed by atoms with van der Waals surface area (Å²) in [6, 6.07) is 14.9. The van der Waals surface area contributed by atoms with Gasteiger partial charge in [0.2, 0.25) is 5.90 Å². The van der Waals surface area contributed by atoms with Gasteiger partial charge < -0.3 is 14.2 Å². The third kappa shape index (κ3) is 2.87. The zero-order valence-corrected chi connectivity index (χ0v) is 14.7. The standard InChI is InChI=1S/C21H19N3O3/c25-19-8-4-7-18-16-9-14(11-24(18)19)10-23(12-16)13-17-21(26)27-20(22-17)15-5-2-1-3-6-15/h1-8,13-14,16H,9-12H2/b17-13-/t14-,16+/m1/s1. The van der Waals surface area contributed by atoms with Crippen molar-refractivity contribution < 1.29 is 9.53 Å². The Balaban J connectivity index is 1.41. The number of piperidine rings is 1. The van der Waals surface area contributed by atoms with Crippen LogP contribution in [-0.4, -0.2) is 34.4 Å². The molecule has 0 N–H and O–H groups in total.